The van der Waals surface area contributed by atoms with Crippen molar-refractivity contribution in [2.75, 3.05) is 19.8 Å². The average Bonchev–Trinajstić information content (AvgIpc) is 3.02. The molecule has 0 aliphatic heterocycles. The van der Waals surface area contributed by atoms with Gasteiger partial charge in [0, 0.05) is 0 Å². The van der Waals surface area contributed by atoms with Crippen LogP contribution in [-0.2, 0) is 43.5 Å². The molecule has 0 bridgehead atoms. The molecule has 0 radical (unpaired) electrons. The van der Waals surface area contributed by atoms with Crippen LogP contribution in [0.1, 0.15) is 0 Å². The van der Waals surface area contributed by atoms with Crippen molar-refractivity contribution in [3.8, 4) is 0 Å². The van der Waals surface area contributed by atoms with Crippen molar-refractivity contribution in [3.63, 3.8) is 0 Å². The first-order chi connectivity index (χ1) is 20.0. The Kier molecular flexibility index (Phi) is 18.9. The van der Waals surface area contributed by atoms with Gasteiger partial charge in [-0.15, -0.1) is 0 Å². The average molecular weight is 644 g/mol. The monoisotopic (exact) mass is 644 g/mol. The van der Waals surface area contributed by atoms with Gasteiger partial charge in [0.05, 0.1) is 19.8 Å². The summed E-state index contributed by atoms with van der Waals surface area (Å²) in [5, 5.41) is 141. The quantitative estimate of drug-likeness (QED) is 0.0313. The van der Waals surface area contributed by atoms with Gasteiger partial charge in [0.15, 0.2) is 18.3 Å². The molecule has 0 aromatic heterocycles. The molecule has 0 saturated carbocycles. The molecule has 15 N–H and O–H groups in total. The summed E-state index contributed by atoms with van der Waals surface area (Å²) in [4.78, 5) is 59.7. The molecule has 252 valence electrons. The van der Waals surface area contributed by atoms with Gasteiger partial charge in [0.25, 0.3) is 0 Å². The largest absolute Gasteiger partial charge is 0.754 e. The van der Waals surface area contributed by atoms with Crippen LogP contribution >= 0.6 is 0 Å². The van der Waals surface area contributed by atoms with E-state index >= 15 is 0 Å². The van der Waals surface area contributed by atoms with E-state index in [0.29, 0.717) is 0 Å². The van der Waals surface area contributed by atoms with Crippen molar-refractivity contribution in [2.24, 2.45) is 0 Å². The second-order valence-electron chi connectivity index (χ2n) is 8.31. The third-order valence-corrected chi connectivity index (χ3v) is 5.11. The van der Waals surface area contributed by atoms with Crippen LogP contribution in [0.25, 0.3) is 0 Å². The fourth-order valence-corrected chi connectivity index (χ4v) is 2.44. The van der Waals surface area contributed by atoms with Gasteiger partial charge in [-0.1, -0.05) is 0 Å². The lowest BCUT2D eigenvalue weighted by Gasteiger charge is -2.25. The lowest BCUT2D eigenvalue weighted by molar-refractivity contribution is -0.324. The molecule has 0 spiro atoms. The highest BCUT2D eigenvalue weighted by molar-refractivity contribution is 6.35. The zero-order chi connectivity index (χ0) is 33.6. The molecule has 0 aliphatic carbocycles. The van der Waals surface area contributed by atoms with Gasteiger partial charge >= 0.3 is 25.2 Å². The summed E-state index contributed by atoms with van der Waals surface area (Å²) in [5.41, 5.74) is 0. The van der Waals surface area contributed by atoms with Crippen LogP contribution < -0.4 is 0 Å². The molecular formula is C18H33BO24. The van der Waals surface area contributed by atoms with Crippen molar-refractivity contribution < 1.29 is 120 Å². The second-order valence-corrected chi connectivity index (χ2v) is 8.31. The van der Waals surface area contributed by atoms with Gasteiger partial charge in [-0.2, -0.15) is 14.4 Å². The van der Waals surface area contributed by atoms with Gasteiger partial charge in [0.1, 0.15) is 54.9 Å². The number of carbonyl (C=O) groups is 3. The molecule has 0 aromatic carbocycles. The standard InChI is InChI=1S/C18H33BO24/c20-1-4(23)7(26)10(29)13(32)16(35)38-41-19(42-39-17(36)14(33)11(30)8(27)5(24)2-21)43-40-18(37)15(34)12(31)9(28)6(25)3-22/h4-15,20-34H,1-3H2. The predicted molar refractivity (Wildman–Crippen MR) is 121 cm³/mol. The van der Waals surface area contributed by atoms with Gasteiger partial charge < -0.3 is 91.3 Å². The van der Waals surface area contributed by atoms with Crippen molar-refractivity contribution >= 4 is 25.2 Å². The first kappa shape index (κ1) is 40.8. The Balaban J connectivity index is 5.52. The Morgan fingerprint density at radius 3 is 0.814 bits per heavy atom. The molecule has 0 aromatic rings. The molecule has 24 nitrogen and oxygen atoms in total. The third kappa shape index (κ3) is 12.7. The Bertz CT molecular complexity index is 729. The van der Waals surface area contributed by atoms with E-state index in [9.17, 15) is 75.7 Å². The summed E-state index contributed by atoms with van der Waals surface area (Å²) < 4.78 is 0. The smallest absolute Gasteiger partial charge is 0.394 e. The van der Waals surface area contributed by atoms with Crippen molar-refractivity contribution in [3.05, 3.63) is 0 Å². The summed E-state index contributed by atoms with van der Waals surface area (Å²) in [6, 6.07) is 0. The lowest BCUT2D eigenvalue weighted by Crippen LogP contribution is -2.50. The van der Waals surface area contributed by atoms with E-state index < -0.39 is 118 Å². The molecule has 12 atom stereocenters. The molecule has 0 fully saturated rings. The van der Waals surface area contributed by atoms with Crippen LogP contribution in [0, 0.1) is 0 Å². The van der Waals surface area contributed by atoms with Gasteiger partial charge in [-0.05, 0) is 0 Å². The van der Waals surface area contributed by atoms with E-state index in [1.54, 1.807) is 0 Å². The first-order valence-corrected chi connectivity index (χ1v) is 11.6. The summed E-state index contributed by atoms with van der Waals surface area (Å²) in [5.74, 6) is -6.13. The molecule has 25 heteroatoms. The summed E-state index contributed by atoms with van der Waals surface area (Å²) in [6.07, 6.45) is -29.1. The van der Waals surface area contributed by atoms with E-state index in [-0.39, 0.29) is 0 Å². The van der Waals surface area contributed by atoms with E-state index in [0.717, 1.165) is 0 Å². The Labute approximate surface area is 239 Å². The van der Waals surface area contributed by atoms with E-state index in [4.69, 9.17) is 15.3 Å². The fraction of sp³-hybridized carbons (Fsp3) is 0.833. The fourth-order valence-electron chi connectivity index (χ4n) is 2.44. The van der Waals surface area contributed by atoms with E-state index in [2.05, 4.69) is 29.1 Å². The highest BCUT2D eigenvalue weighted by Gasteiger charge is 2.42. The van der Waals surface area contributed by atoms with Crippen LogP contribution in [0.2, 0.25) is 0 Å². The summed E-state index contributed by atoms with van der Waals surface area (Å²) >= 11 is 0. The van der Waals surface area contributed by atoms with Gasteiger partial charge in [-0.25, -0.2) is 14.4 Å². The van der Waals surface area contributed by atoms with Crippen molar-refractivity contribution in [1.29, 1.82) is 0 Å². The number of rotatable bonds is 21. The maximum atomic E-state index is 11.9. The van der Waals surface area contributed by atoms with Crippen LogP contribution in [0.4, 0.5) is 0 Å². The van der Waals surface area contributed by atoms with Crippen molar-refractivity contribution in [1.82, 2.24) is 0 Å². The minimum atomic E-state index is -2.97. The second kappa shape index (κ2) is 19.9. The van der Waals surface area contributed by atoms with Crippen LogP contribution in [0.5, 0.6) is 0 Å². The third-order valence-electron chi connectivity index (χ3n) is 5.11. The zero-order valence-corrected chi connectivity index (χ0v) is 21.5. The molecular weight excluding hydrogens is 611 g/mol. The maximum absolute atomic E-state index is 11.9. The first-order valence-electron chi connectivity index (χ1n) is 11.6. The SMILES string of the molecule is O=C(OOB(OOC(=O)C(O)C(O)C(O)C(O)CO)OOC(=O)C(O)C(O)C(O)C(O)CO)C(O)C(O)C(O)C(O)CO. The van der Waals surface area contributed by atoms with Crippen LogP contribution in [0.3, 0.4) is 0 Å². The van der Waals surface area contributed by atoms with Crippen molar-refractivity contribution in [2.45, 2.75) is 73.2 Å². The number of aliphatic hydroxyl groups excluding tert-OH is 15. The Hall–Kier alpha value is -2.25. The molecule has 0 heterocycles. The van der Waals surface area contributed by atoms with E-state index in [1.165, 1.54) is 0 Å². The molecule has 43 heavy (non-hydrogen) atoms. The Morgan fingerprint density at radius 2 is 0.628 bits per heavy atom. The van der Waals surface area contributed by atoms with Crippen LogP contribution in [0.15, 0.2) is 0 Å². The number of carbonyl (C=O) groups excluding carboxylic acids is 3. The normalized spacial score (nSPS) is 20.2. The molecule has 0 amide bonds. The van der Waals surface area contributed by atoms with Gasteiger partial charge in [0.2, 0.25) is 0 Å². The lowest BCUT2D eigenvalue weighted by atomic mass is 10.0. The van der Waals surface area contributed by atoms with Crippen LogP contribution in [-0.4, -0.2) is 195 Å². The molecule has 0 rings (SSSR count). The summed E-state index contributed by atoms with van der Waals surface area (Å²) in [6.45, 7) is -3.40. The minimum absolute atomic E-state index is 1.13. The predicted octanol–water partition coefficient (Wildman–Crippen LogP) is -11.3. The minimum Gasteiger partial charge on any atom is -0.394 e. The molecule has 12 unspecified atom stereocenters. The molecule has 0 aliphatic rings. The number of hydrogen-bond acceptors (Lipinski definition) is 24. The number of hydrogen-bond donors (Lipinski definition) is 15. The highest BCUT2D eigenvalue weighted by Crippen LogP contribution is 2.11. The van der Waals surface area contributed by atoms with E-state index in [1.807, 2.05) is 0 Å². The maximum Gasteiger partial charge on any atom is 0.754 e. The summed E-state index contributed by atoms with van der Waals surface area (Å²) in [7, 11) is -2.97. The number of aliphatic hydroxyl groups is 15. The Morgan fingerprint density at radius 1 is 0.419 bits per heavy atom. The van der Waals surface area contributed by atoms with Gasteiger partial charge in [-0.3, -0.25) is 0 Å². The highest BCUT2D eigenvalue weighted by atomic mass is 17.3. The molecule has 0 saturated heterocycles. The zero-order valence-electron chi connectivity index (χ0n) is 21.5. The topological polar surface area (TPSA) is 410 Å².